The third-order valence-corrected chi connectivity index (χ3v) is 13.4. The Bertz CT molecular complexity index is 1520. The molecule has 0 bridgehead atoms. The van der Waals surface area contributed by atoms with Crippen LogP contribution in [0.1, 0.15) is 264 Å². The summed E-state index contributed by atoms with van der Waals surface area (Å²) >= 11 is 0. The van der Waals surface area contributed by atoms with Gasteiger partial charge in [0.15, 0.2) is 12.4 Å². The fourth-order valence-electron chi connectivity index (χ4n) is 8.60. The Hall–Kier alpha value is -3.53. The second-order valence-corrected chi connectivity index (χ2v) is 22.0. The van der Waals surface area contributed by atoms with E-state index in [4.69, 9.17) is 18.9 Å². The normalized spacial score (nSPS) is 13.3. The summed E-state index contributed by atoms with van der Waals surface area (Å²) in [5.41, 5.74) is 0. The molecule has 0 spiro atoms. The van der Waals surface area contributed by atoms with Gasteiger partial charge in [-0.2, -0.15) is 0 Å². The number of quaternary nitrogens is 1. The van der Waals surface area contributed by atoms with Crippen LogP contribution in [0.3, 0.4) is 0 Å². The van der Waals surface area contributed by atoms with E-state index >= 15 is 0 Å². The standard InChI is InChI=1S/C67H117NO8/c1-6-8-10-12-14-16-18-19-20-21-22-23-24-25-26-27-28-29-30-31-32-33-34-35-36-37-38-39-40-41-42-43-44-45-46-47-48-50-52-54-56-58-65(70)76-63(62-75-67(66(71)72)73-60-59-68(3,4)5)61-74-64(69)57-55-53-51-49-17-15-13-11-9-7-2/h8,10-11,13-14,16,19-20,22-23,25-26,28-29,63,67H,6-7,9,12,15,17-18,21,24,27,30-62H2,1-5H3/b10-8-,13-11-,16-14-,20-19-,23-22-,26-25-,29-28-. The predicted molar refractivity (Wildman–Crippen MR) is 320 cm³/mol. The van der Waals surface area contributed by atoms with Crippen molar-refractivity contribution in [2.45, 2.75) is 277 Å². The highest BCUT2D eigenvalue weighted by Gasteiger charge is 2.22. The Morgan fingerprint density at radius 1 is 0.408 bits per heavy atom. The molecule has 0 heterocycles. The highest BCUT2D eigenvalue weighted by molar-refractivity contribution is 5.70. The van der Waals surface area contributed by atoms with Crippen molar-refractivity contribution in [3.05, 3.63) is 85.1 Å². The van der Waals surface area contributed by atoms with Crippen molar-refractivity contribution in [2.24, 2.45) is 0 Å². The van der Waals surface area contributed by atoms with Crippen molar-refractivity contribution < 1.29 is 42.9 Å². The zero-order valence-electron chi connectivity index (χ0n) is 49.9. The Morgan fingerprint density at radius 3 is 1.13 bits per heavy atom. The number of carbonyl (C=O) groups is 3. The minimum atomic E-state index is -1.62. The van der Waals surface area contributed by atoms with Crippen molar-refractivity contribution in [1.82, 2.24) is 0 Å². The van der Waals surface area contributed by atoms with Crippen LogP contribution >= 0.6 is 0 Å². The molecule has 438 valence electrons. The molecule has 0 aromatic heterocycles. The van der Waals surface area contributed by atoms with Crippen LogP contribution < -0.4 is 5.11 Å². The summed E-state index contributed by atoms with van der Waals surface area (Å²) in [4.78, 5) is 37.1. The summed E-state index contributed by atoms with van der Waals surface area (Å²) < 4.78 is 22.6. The fraction of sp³-hybridized carbons (Fsp3) is 0.746. The molecule has 0 radical (unpaired) electrons. The van der Waals surface area contributed by atoms with E-state index in [9.17, 15) is 19.5 Å². The van der Waals surface area contributed by atoms with Crippen molar-refractivity contribution >= 4 is 17.9 Å². The zero-order valence-corrected chi connectivity index (χ0v) is 49.9. The fourth-order valence-corrected chi connectivity index (χ4v) is 8.60. The summed E-state index contributed by atoms with van der Waals surface area (Å²) in [5, 5.41) is 11.7. The Morgan fingerprint density at radius 2 is 0.750 bits per heavy atom. The smallest absolute Gasteiger partial charge is 0.306 e. The van der Waals surface area contributed by atoms with Crippen LogP contribution in [0.4, 0.5) is 0 Å². The third kappa shape index (κ3) is 58.2. The van der Waals surface area contributed by atoms with E-state index in [1.807, 2.05) is 21.1 Å². The van der Waals surface area contributed by atoms with Gasteiger partial charge in [0.2, 0.25) is 0 Å². The lowest BCUT2D eigenvalue weighted by atomic mass is 10.0. The summed E-state index contributed by atoms with van der Waals surface area (Å²) in [6.45, 7) is 4.56. The number of carbonyl (C=O) groups excluding carboxylic acids is 3. The second kappa shape index (κ2) is 57.6. The van der Waals surface area contributed by atoms with Crippen molar-refractivity contribution in [3.63, 3.8) is 0 Å². The van der Waals surface area contributed by atoms with Gasteiger partial charge in [-0.25, -0.2) is 0 Å². The summed E-state index contributed by atoms with van der Waals surface area (Å²) in [7, 11) is 5.92. The molecule has 9 heteroatoms. The van der Waals surface area contributed by atoms with E-state index in [2.05, 4.69) is 98.9 Å². The molecule has 0 rings (SSSR count). The largest absolute Gasteiger partial charge is 0.545 e. The van der Waals surface area contributed by atoms with Gasteiger partial charge in [0.1, 0.15) is 13.2 Å². The molecule has 9 nitrogen and oxygen atoms in total. The van der Waals surface area contributed by atoms with Crippen LogP contribution in [0.2, 0.25) is 0 Å². The van der Waals surface area contributed by atoms with Gasteiger partial charge >= 0.3 is 11.9 Å². The van der Waals surface area contributed by atoms with E-state index in [0.717, 1.165) is 96.3 Å². The van der Waals surface area contributed by atoms with Crippen molar-refractivity contribution in [1.29, 1.82) is 0 Å². The average Bonchev–Trinajstić information content (AvgIpc) is 3.39. The Balaban J connectivity index is 3.90. The molecular weight excluding hydrogens is 947 g/mol. The highest BCUT2D eigenvalue weighted by Crippen LogP contribution is 2.17. The molecule has 0 N–H and O–H groups in total. The molecule has 2 unspecified atom stereocenters. The van der Waals surface area contributed by atoms with Gasteiger partial charge in [0.25, 0.3) is 0 Å². The van der Waals surface area contributed by atoms with Crippen molar-refractivity contribution in [2.75, 3.05) is 47.5 Å². The molecule has 2 atom stereocenters. The number of carboxylic acid groups (broad SMARTS) is 1. The molecule has 0 amide bonds. The van der Waals surface area contributed by atoms with Gasteiger partial charge in [-0.1, -0.05) is 253 Å². The molecule has 0 fully saturated rings. The van der Waals surface area contributed by atoms with Gasteiger partial charge in [-0.3, -0.25) is 9.59 Å². The number of aliphatic carboxylic acids is 1. The average molecular weight is 1060 g/mol. The molecule has 0 aliphatic carbocycles. The molecule has 0 saturated heterocycles. The summed E-state index contributed by atoms with van der Waals surface area (Å²) in [6.07, 6.45) is 74.0. The quantitative estimate of drug-likeness (QED) is 0.0195. The van der Waals surface area contributed by atoms with Crippen LogP contribution in [-0.4, -0.2) is 82.3 Å². The summed E-state index contributed by atoms with van der Waals surface area (Å²) in [6, 6.07) is 0. The minimum Gasteiger partial charge on any atom is -0.545 e. The first-order valence-corrected chi connectivity index (χ1v) is 31.2. The van der Waals surface area contributed by atoms with Crippen LogP contribution in [0.15, 0.2) is 85.1 Å². The minimum absolute atomic E-state index is 0.146. The van der Waals surface area contributed by atoms with E-state index in [-0.39, 0.29) is 38.6 Å². The number of likely N-dealkylation sites (N-methyl/N-ethyl adjacent to an activating group) is 1. The first kappa shape index (κ1) is 72.5. The van der Waals surface area contributed by atoms with E-state index < -0.39 is 24.3 Å². The number of hydrogen-bond donors (Lipinski definition) is 0. The van der Waals surface area contributed by atoms with Crippen LogP contribution in [-0.2, 0) is 33.3 Å². The maximum atomic E-state index is 12.8. The number of allylic oxidation sites excluding steroid dienone is 14. The number of ether oxygens (including phenoxy) is 4. The molecule has 0 aliphatic heterocycles. The number of esters is 2. The van der Waals surface area contributed by atoms with Gasteiger partial charge in [-0.15, -0.1) is 0 Å². The van der Waals surface area contributed by atoms with Gasteiger partial charge in [-0.05, 0) is 83.5 Å². The van der Waals surface area contributed by atoms with E-state index in [0.29, 0.717) is 17.4 Å². The highest BCUT2D eigenvalue weighted by atomic mass is 16.7. The first-order valence-electron chi connectivity index (χ1n) is 31.2. The Labute approximate surface area is 468 Å². The van der Waals surface area contributed by atoms with Crippen molar-refractivity contribution in [3.8, 4) is 0 Å². The second-order valence-electron chi connectivity index (χ2n) is 22.0. The topological polar surface area (TPSA) is 111 Å². The van der Waals surface area contributed by atoms with Gasteiger partial charge < -0.3 is 33.3 Å². The lowest BCUT2D eigenvalue weighted by Crippen LogP contribution is -2.44. The SMILES string of the molecule is CC/C=C\C/C=C\C/C=C\C/C=C\C/C=C\C/C=C\CCCCCCCCCCCCCCCCCCCCCCCCC(=O)OC(COC(=O)CCCCCCC/C=C\CCC)COC(OCC[N+](C)(C)C)C(=O)[O-]. The van der Waals surface area contributed by atoms with Crippen LogP contribution in [0.5, 0.6) is 0 Å². The Kier molecular flexibility index (Phi) is 55.0. The van der Waals surface area contributed by atoms with Gasteiger partial charge in [0, 0.05) is 12.8 Å². The molecule has 0 aromatic rings. The number of rotatable bonds is 57. The monoisotopic (exact) mass is 1060 g/mol. The molecular formula is C67H117NO8. The summed E-state index contributed by atoms with van der Waals surface area (Å²) in [5.74, 6) is -2.29. The maximum Gasteiger partial charge on any atom is 0.306 e. The number of nitrogens with zero attached hydrogens (tertiary/aromatic N) is 1. The first-order chi connectivity index (χ1) is 37.1. The van der Waals surface area contributed by atoms with E-state index in [1.165, 1.54) is 135 Å². The predicted octanol–water partition coefficient (Wildman–Crippen LogP) is 17.4. The third-order valence-electron chi connectivity index (χ3n) is 13.4. The molecule has 76 heavy (non-hydrogen) atoms. The number of hydrogen-bond acceptors (Lipinski definition) is 8. The molecule has 0 aliphatic rings. The number of carboxylic acids is 1. The van der Waals surface area contributed by atoms with Crippen LogP contribution in [0, 0.1) is 0 Å². The molecule has 0 aromatic carbocycles. The lowest BCUT2D eigenvalue weighted by Gasteiger charge is -2.26. The van der Waals surface area contributed by atoms with E-state index in [1.54, 1.807) is 0 Å². The van der Waals surface area contributed by atoms with Crippen LogP contribution in [0.25, 0.3) is 0 Å². The molecule has 0 saturated carbocycles. The number of unbranched alkanes of at least 4 members (excludes halogenated alkanes) is 28. The maximum absolute atomic E-state index is 12.8. The lowest BCUT2D eigenvalue weighted by molar-refractivity contribution is -0.870. The van der Waals surface area contributed by atoms with Gasteiger partial charge in [0.05, 0.1) is 40.3 Å². The zero-order chi connectivity index (χ0) is 55.5.